The molecule has 19 heavy (non-hydrogen) atoms. The van der Waals surface area contributed by atoms with E-state index < -0.39 is 0 Å². The molecular formula is C18H37S. The molecule has 0 aromatic carbocycles. The Kier molecular flexibility index (Phi) is 13.6. The van der Waals surface area contributed by atoms with Gasteiger partial charge in [0, 0.05) is 5.25 Å². The van der Waals surface area contributed by atoms with Gasteiger partial charge in [-0.15, -0.1) is 0 Å². The fourth-order valence-electron chi connectivity index (χ4n) is 2.89. The van der Waals surface area contributed by atoms with Gasteiger partial charge in [0.1, 0.15) is 0 Å². The molecule has 0 aliphatic carbocycles. The highest BCUT2D eigenvalue weighted by Gasteiger charge is 2.12. The Bertz CT molecular complexity index is 179. The molecule has 0 amide bonds. The maximum absolute atomic E-state index is 4.22. The van der Waals surface area contributed by atoms with Crippen molar-refractivity contribution < 1.29 is 0 Å². The first-order valence-corrected chi connectivity index (χ1v) is 9.82. The first kappa shape index (κ1) is 19.4. The second-order valence-corrected chi connectivity index (χ2v) is 7.21. The molecule has 0 heterocycles. The summed E-state index contributed by atoms with van der Waals surface area (Å²) in [5.41, 5.74) is 0. The standard InChI is InChI=1S/C18H37S/c1-6-9-10-12-17(7-2)13-11-14-18(8-3)15-16(4)19-5/h16-18H,4,6-15H2,1-3,5H3. The molecule has 0 N–H and O–H groups in total. The van der Waals surface area contributed by atoms with Crippen LogP contribution in [-0.2, 0) is 0 Å². The Hall–Kier alpha value is 0.350. The molecule has 0 saturated heterocycles. The Morgan fingerprint density at radius 3 is 1.95 bits per heavy atom. The maximum Gasteiger partial charge on any atom is 0.00473 e. The lowest BCUT2D eigenvalue weighted by Gasteiger charge is -2.20. The molecule has 3 atom stereocenters. The summed E-state index contributed by atoms with van der Waals surface area (Å²) in [5, 5.41) is 0.594. The van der Waals surface area contributed by atoms with E-state index in [1.54, 1.807) is 0 Å². The SMILES string of the molecule is [CH2]C(CC(CC)CCCC(CC)CCCCC)SC. The lowest BCUT2D eigenvalue weighted by Crippen LogP contribution is -2.08. The zero-order chi connectivity index (χ0) is 14.5. The average molecular weight is 286 g/mol. The molecule has 0 aliphatic heterocycles. The molecule has 0 bridgehead atoms. The van der Waals surface area contributed by atoms with Gasteiger partial charge in [-0.2, -0.15) is 11.8 Å². The van der Waals surface area contributed by atoms with E-state index in [9.17, 15) is 0 Å². The minimum atomic E-state index is 0.594. The van der Waals surface area contributed by atoms with Crippen molar-refractivity contribution in [2.75, 3.05) is 6.26 Å². The Labute approximate surface area is 127 Å². The van der Waals surface area contributed by atoms with Crippen molar-refractivity contribution in [2.45, 2.75) is 90.2 Å². The average Bonchev–Trinajstić information content (AvgIpc) is 2.44. The molecule has 0 aromatic heterocycles. The zero-order valence-electron chi connectivity index (χ0n) is 13.9. The fourth-order valence-corrected chi connectivity index (χ4v) is 3.35. The van der Waals surface area contributed by atoms with Gasteiger partial charge in [0.2, 0.25) is 0 Å². The van der Waals surface area contributed by atoms with Crippen LogP contribution in [-0.4, -0.2) is 11.5 Å². The lowest BCUT2D eigenvalue weighted by atomic mass is 9.89. The second-order valence-electron chi connectivity index (χ2n) is 6.07. The van der Waals surface area contributed by atoms with Gasteiger partial charge in [-0.05, 0) is 31.4 Å². The van der Waals surface area contributed by atoms with Gasteiger partial charge >= 0.3 is 0 Å². The number of rotatable bonds is 13. The fraction of sp³-hybridized carbons (Fsp3) is 0.944. The van der Waals surface area contributed by atoms with Gasteiger partial charge in [-0.1, -0.05) is 78.6 Å². The number of thioether (sulfide) groups is 1. The number of hydrogen-bond donors (Lipinski definition) is 0. The monoisotopic (exact) mass is 285 g/mol. The van der Waals surface area contributed by atoms with E-state index in [0.717, 1.165) is 11.8 Å². The van der Waals surface area contributed by atoms with Gasteiger partial charge in [-0.3, -0.25) is 0 Å². The van der Waals surface area contributed by atoms with Gasteiger partial charge in [0.15, 0.2) is 0 Å². The van der Waals surface area contributed by atoms with Gasteiger partial charge < -0.3 is 0 Å². The summed E-state index contributed by atoms with van der Waals surface area (Å²) in [6.45, 7) is 11.2. The Morgan fingerprint density at radius 1 is 0.842 bits per heavy atom. The molecule has 3 unspecified atom stereocenters. The predicted molar refractivity (Wildman–Crippen MR) is 92.8 cm³/mol. The molecule has 0 nitrogen and oxygen atoms in total. The smallest absolute Gasteiger partial charge is 0.00473 e. The molecule has 1 heteroatoms. The van der Waals surface area contributed by atoms with E-state index in [-0.39, 0.29) is 0 Å². The van der Waals surface area contributed by atoms with Gasteiger partial charge in [0.25, 0.3) is 0 Å². The highest BCUT2D eigenvalue weighted by atomic mass is 32.2. The highest BCUT2D eigenvalue weighted by Crippen LogP contribution is 2.26. The summed E-state index contributed by atoms with van der Waals surface area (Å²) >= 11 is 1.92. The highest BCUT2D eigenvalue weighted by molar-refractivity contribution is 7.99. The van der Waals surface area contributed by atoms with Crippen molar-refractivity contribution in [2.24, 2.45) is 11.8 Å². The van der Waals surface area contributed by atoms with E-state index in [1.807, 2.05) is 11.8 Å². The topological polar surface area (TPSA) is 0 Å². The lowest BCUT2D eigenvalue weighted by molar-refractivity contribution is 0.361. The molecule has 0 spiro atoms. The van der Waals surface area contributed by atoms with Crippen LogP contribution >= 0.6 is 11.8 Å². The molecule has 0 fully saturated rings. The minimum absolute atomic E-state index is 0.594. The molecular weight excluding hydrogens is 248 g/mol. The first-order chi connectivity index (χ1) is 9.17. The van der Waals surface area contributed by atoms with Gasteiger partial charge in [-0.25, -0.2) is 0 Å². The minimum Gasteiger partial charge on any atom is -0.162 e. The molecule has 0 aliphatic rings. The molecule has 115 valence electrons. The third kappa shape index (κ3) is 10.8. The van der Waals surface area contributed by atoms with Crippen LogP contribution in [0.4, 0.5) is 0 Å². The van der Waals surface area contributed by atoms with Crippen molar-refractivity contribution in [1.29, 1.82) is 0 Å². The van der Waals surface area contributed by atoms with Crippen LogP contribution in [0.2, 0.25) is 0 Å². The Morgan fingerprint density at radius 2 is 1.42 bits per heavy atom. The van der Waals surface area contributed by atoms with Crippen LogP contribution in [0, 0.1) is 18.8 Å². The normalized spacial score (nSPS) is 16.3. The second kappa shape index (κ2) is 13.3. The van der Waals surface area contributed by atoms with E-state index in [2.05, 4.69) is 34.0 Å². The summed E-state index contributed by atoms with van der Waals surface area (Å²) < 4.78 is 0. The number of unbranched alkanes of at least 4 members (excludes halogenated alkanes) is 2. The van der Waals surface area contributed by atoms with Gasteiger partial charge in [0.05, 0.1) is 0 Å². The third-order valence-corrected chi connectivity index (χ3v) is 5.38. The summed E-state index contributed by atoms with van der Waals surface area (Å²) in [4.78, 5) is 0. The van der Waals surface area contributed by atoms with Crippen molar-refractivity contribution in [3.8, 4) is 0 Å². The molecule has 0 saturated carbocycles. The van der Waals surface area contributed by atoms with Crippen LogP contribution in [0.5, 0.6) is 0 Å². The predicted octanol–water partition coefficient (Wildman–Crippen LogP) is 6.75. The van der Waals surface area contributed by atoms with Crippen LogP contribution in [0.3, 0.4) is 0 Å². The van der Waals surface area contributed by atoms with Crippen molar-refractivity contribution in [3.05, 3.63) is 6.92 Å². The summed E-state index contributed by atoms with van der Waals surface area (Å²) in [6, 6.07) is 0. The van der Waals surface area contributed by atoms with E-state index in [4.69, 9.17) is 0 Å². The summed E-state index contributed by atoms with van der Waals surface area (Å²) in [5.74, 6) is 1.89. The summed E-state index contributed by atoms with van der Waals surface area (Å²) in [7, 11) is 0. The molecule has 1 radical (unpaired) electrons. The van der Waals surface area contributed by atoms with Crippen molar-refractivity contribution >= 4 is 11.8 Å². The zero-order valence-corrected chi connectivity index (χ0v) is 14.7. The first-order valence-electron chi connectivity index (χ1n) is 8.53. The largest absolute Gasteiger partial charge is 0.162 e. The Balaban J connectivity index is 3.76. The van der Waals surface area contributed by atoms with E-state index in [0.29, 0.717) is 5.25 Å². The number of hydrogen-bond acceptors (Lipinski definition) is 1. The van der Waals surface area contributed by atoms with Crippen LogP contribution < -0.4 is 0 Å². The molecule has 0 aromatic rings. The molecule has 0 rings (SSSR count). The van der Waals surface area contributed by atoms with E-state index >= 15 is 0 Å². The van der Waals surface area contributed by atoms with Crippen molar-refractivity contribution in [1.82, 2.24) is 0 Å². The van der Waals surface area contributed by atoms with Crippen LogP contribution in [0.25, 0.3) is 0 Å². The quantitative estimate of drug-likeness (QED) is 0.337. The van der Waals surface area contributed by atoms with E-state index in [1.165, 1.54) is 64.2 Å². The maximum atomic E-state index is 4.22. The van der Waals surface area contributed by atoms with Crippen LogP contribution in [0.1, 0.15) is 85.0 Å². The third-order valence-electron chi connectivity index (χ3n) is 4.52. The van der Waals surface area contributed by atoms with Crippen molar-refractivity contribution in [3.63, 3.8) is 0 Å². The summed E-state index contributed by atoms with van der Waals surface area (Å²) in [6.07, 6.45) is 16.2. The van der Waals surface area contributed by atoms with Crippen LogP contribution in [0.15, 0.2) is 0 Å².